The second-order valence-corrected chi connectivity index (χ2v) is 8.45. The lowest BCUT2D eigenvalue weighted by Crippen LogP contribution is -2.21. The van der Waals surface area contributed by atoms with Crippen molar-refractivity contribution in [2.45, 2.75) is 6.92 Å². The molecule has 8 nitrogen and oxygen atoms in total. The molecule has 10 heteroatoms. The Morgan fingerprint density at radius 3 is 2.55 bits per heavy atom. The standard InChI is InChI=1S/C23H18N2O6S2/c1-2-29-23(28)20-16(18-4-3-9-32-18)12-33-21(20)25-19(26)11-30-22(27)15-7-5-14(6-8-15)17-10-24-13-31-17/h3-10,12-13H,2,11H2,1H3,(H,25,26). The van der Waals surface area contributed by atoms with Crippen molar-refractivity contribution in [2.75, 3.05) is 18.5 Å². The van der Waals surface area contributed by atoms with E-state index in [4.69, 9.17) is 13.9 Å². The molecule has 0 aliphatic heterocycles. The number of aromatic nitrogens is 1. The smallest absolute Gasteiger partial charge is 0.341 e. The molecule has 33 heavy (non-hydrogen) atoms. The summed E-state index contributed by atoms with van der Waals surface area (Å²) in [5.41, 5.74) is 2.02. The molecular weight excluding hydrogens is 464 g/mol. The molecule has 0 aliphatic carbocycles. The Hall–Kier alpha value is -3.76. The van der Waals surface area contributed by atoms with Crippen molar-refractivity contribution in [3.05, 3.63) is 70.9 Å². The Morgan fingerprint density at radius 1 is 1.06 bits per heavy atom. The molecule has 1 amide bonds. The summed E-state index contributed by atoms with van der Waals surface area (Å²) in [6.07, 6.45) is 2.89. The van der Waals surface area contributed by atoms with Gasteiger partial charge in [-0.3, -0.25) is 4.79 Å². The number of thiophene rings is 2. The number of rotatable bonds is 8. The van der Waals surface area contributed by atoms with E-state index in [1.165, 1.54) is 29.1 Å². The van der Waals surface area contributed by atoms with Gasteiger partial charge in [-0.25, -0.2) is 14.6 Å². The first kappa shape index (κ1) is 22.4. The SMILES string of the molecule is CCOC(=O)c1c(-c2cccs2)csc1NC(=O)COC(=O)c1ccc(-c2cnco2)cc1. The third-order valence-electron chi connectivity index (χ3n) is 4.48. The molecule has 0 atom stereocenters. The highest BCUT2D eigenvalue weighted by atomic mass is 32.1. The van der Waals surface area contributed by atoms with Crippen molar-refractivity contribution >= 4 is 45.5 Å². The van der Waals surface area contributed by atoms with Gasteiger partial charge in [0.25, 0.3) is 5.91 Å². The average molecular weight is 483 g/mol. The molecule has 1 aromatic carbocycles. The Kier molecular flexibility index (Phi) is 6.96. The van der Waals surface area contributed by atoms with Crippen LogP contribution in [0, 0.1) is 0 Å². The van der Waals surface area contributed by atoms with Crippen molar-refractivity contribution in [1.82, 2.24) is 4.98 Å². The van der Waals surface area contributed by atoms with E-state index in [9.17, 15) is 14.4 Å². The summed E-state index contributed by atoms with van der Waals surface area (Å²) >= 11 is 2.68. The molecule has 3 aromatic heterocycles. The van der Waals surface area contributed by atoms with Crippen LogP contribution in [0.2, 0.25) is 0 Å². The Bertz CT molecular complexity index is 1240. The summed E-state index contributed by atoms with van der Waals surface area (Å²) in [7, 11) is 0. The van der Waals surface area contributed by atoms with Crippen molar-refractivity contribution in [2.24, 2.45) is 0 Å². The first-order chi connectivity index (χ1) is 16.1. The number of carbonyl (C=O) groups excluding carboxylic acids is 3. The summed E-state index contributed by atoms with van der Waals surface area (Å²) < 4.78 is 15.5. The lowest BCUT2D eigenvalue weighted by molar-refractivity contribution is -0.119. The van der Waals surface area contributed by atoms with Crippen molar-refractivity contribution in [3.8, 4) is 21.8 Å². The van der Waals surface area contributed by atoms with E-state index in [0.29, 0.717) is 16.3 Å². The quantitative estimate of drug-likeness (QED) is 0.348. The van der Waals surface area contributed by atoms with Crippen LogP contribution < -0.4 is 5.32 Å². The van der Waals surface area contributed by atoms with Crippen molar-refractivity contribution in [1.29, 1.82) is 0 Å². The third kappa shape index (κ3) is 5.18. The zero-order chi connectivity index (χ0) is 23.2. The summed E-state index contributed by atoms with van der Waals surface area (Å²) in [5, 5.41) is 6.68. The normalized spacial score (nSPS) is 10.6. The number of benzene rings is 1. The highest BCUT2D eigenvalue weighted by molar-refractivity contribution is 7.17. The van der Waals surface area contributed by atoms with Gasteiger partial charge in [0.15, 0.2) is 18.8 Å². The number of anilines is 1. The average Bonchev–Trinajstić information content (AvgIpc) is 3.59. The van der Waals surface area contributed by atoms with Crippen LogP contribution in [0.15, 0.2) is 64.2 Å². The molecule has 4 rings (SSSR count). The lowest BCUT2D eigenvalue weighted by Gasteiger charge is -2.09. The zero-order valence-corrected chi connectivity index (χ0v) is 19.0. The van der Waals surface area contributed by atoms with E-state index in [2.05, 4.69) is 10.3 Å². The molecule has 0 saturated carbocycles. The topological polar surface area (TPSA) is 108 Å². The van der Waals surface area contributed by atoms with Gasteiger partial charge in [0.2, 0.25) is 0 Å². The predicted octanol–water partition coefficient (Wildman–Crippen LogP) is 5.10. The maximum absolute atomic E-state index is 12.5. The molecule has 0 aliphatic rings. The Labute approximate surface area is 196 Å². The van der Waals surface area contributed by atoms with Gasteiger partial charge in [-0.2, -0.15) is 0 Å². The second-order valence-electron chi connectivity index (χ2n) is 6.62. The maximum Gasteiger partial charge on any atom is 0.341 e. The Morgan fingerprint density at radius 2 is 1.88 bits per heavy atom. The molecule has 3 heterocycles. The lowest BCUT2D eigenvalue weighted by atomic mass is 10.1. The summed E-state index contributed by atoms with van der Waals surface area (Å²) in [4.78, 5) is 42.0. The van der Waals surface area contributed by atoms with E-state index in [0.717, 1.165) is 10.4 Å². The third-order valence-corrected chi connectivity index (χ3v) is 6.28. The monoisotopic (exact) mass is 482 g/mol. The van der Waals surface area contributed by atoms with E-state index >= 15 is 0 Å². The largest absolute Gasteiger partial charge is 0.462 e. The fourth-order valence-corrected chi connectivity index (χ4v) is 4.76. The van der Waals surface area contributed by atoms with Crippen LogP contribution in [-0.4, -0.2) is 36.0 Å². The van der Waals surface area contributed by atoms with Gasteiger partial charge in [0.1, 0.15) is 10.6 Å². The summed E-state index contributed by atoms with van der Waals surface area (Å²) in [5.74, 6) is -1.16. The minimum atomic E-state index is -0.648. The van der Waals surface area contributed by atoms with Crippen LogP contribution >= 0.6 is 22.7 Å². The van der Waals surface area contributed by atoms with Crippen LogP contribution in [0.5, 0.6) is 0 Å². The number of oxazole rings is 1. The first-order valence-electron chi connectivity index (χ1n) is 9.85. The number of ether oxygens (including phenoxy) is 2. The number of hydrogen-bond acceptors (Lipinski definition) is 9. The predicted molar refractivity (Wildman–Crippen MR) is 124 cm³/mol. The molecule has 0 radical (unpaired) electrons. The van der Waals surface area contributed by atoms with Gasteiger partial charge in [0.05, 0.1) is 18.4 Å². The van der Waals surface area contributed by atoms with Crippen LogP contribution in [0.1, 0.15) is 27.6 Å². The summed E-state index contributed by atoms with van der Waals surface area (Å²) in [6.45, 7) is 1.42. The number of amides is 1. The van der Waals surface area contributed by atoms with Crippen LogP contribution in [-0.2, 0) is 14.3 Å². The molecule has 4 aromatic rings. The van der Waals surface area contributed by atoms with Crippen molar-refractivity contribution < 1.29 is 28.3 Å². The molecule has 0 spiro atoms. The van der Waals surface area contributed by atoms with Gasteiger partial charge in [0, 0.05) is 21.4 Å². The van der Waals surface area contributed by atoms with Gasteiger partial charge in [-0.1, -0.05) is 18.2 Å². The highest BCUT2D eigenvalue weighted by Gasteiger charge is 2.23. The van der Waals surface area contributed by atoms with Gasteiger partial charge >= 0.3 is 11.9 Å². The number of carbonyl (C=O) groups is 3. The molecule has 0 saturated heterocycles. The van der Waals surface area contributed by atoms with Crippen LogP contribution in [0.3, 0.4) is 0 Å². The van der Waals surface area contributed by atoms with Gasteiger partial charge in [-0.15, -0.1) is 22.7 Å². The molecule has 0 bridgehead atoms. The van der Waals surface area contributed by atoms with Crippen molar-refractivity contribution in [3.63, 3.8) is 0 Å². The van der Waals surface area contributed by atoms with E-state index in [1.54, 1.807) is 42.8 Å². The zero-order valence-electron chi connectivity index (χ0n) is 17.4. The van der Waals surface area contributed by atoms with Crippen LogP contribution in [0.25, 0.3) is 21.8 Å². The van der Waals surface area contributed by atoms with E-state index in [1.807, 2.05) is 17.5 Å². The maximum atomic E-state index is 12.5. The minimum Gasteiger partial charge on any atom is -0.462 e. The molecule has 0 fully saturated rings. The summed E-state index contributed by atoms with van der Waals surface area (Å²) in [6, 6.07) is 10.3. The first-order valence-corrected chi connectivity index (χ1v) is 11.6. The minimum absolute atomic E-state index is 0.207. The number of esters is 2. The number of nitrogens with one attached hydrogen (secondary N) is 1. The fourth-order valence-electron chi connectivity index (χ4n) is 2.98. The molecule has 1 N–H and O–H groups in total. The number of nitrogens with zero attached hydrogens (tertiary/aromatic N) is 1. The molecule has 168 valence electrons. The second kappa shape index (κ2) is 10.2. The van der Waals surface area contributed by atoms with E-state index < -0.39 is 24.5 Å². The highest BCUT2D eigenvalue weighted by Crippen LogP contribution is 2.38. The fraction of sp³-hybridized carbons (Fsp3) is 0.130. The molecular formula is C23H18N2O6S2. The van der Waals surface area contributed by atoms with E-state index in [-0.39, 0.29) is 17.7 Å². The van der Waals surface area contributed by atoms with Crippen LogP contribution in [0.4, 0.5) is 5.00 Å². The number of hydrogen-bond donors (Lipinski definition) is 1. The van der Waals surface area contributed by atoms with Gasteiger partial charge in [-0.05, 0) is 30.5 Å². The molecule has 0 unspecified atom stereocenters. The Balaban J connectivity index is 1.40. The van der Waals surface area contributed by atoms with Gasteiger partial charge < -0.3 is 19.2 Å².